The summed E-state index contributed by atoms with van der Waals surface area (Å²) >= 11 is 4.13. The van der Waals surface area contributed by atoms with Crippen molar-refractivity contribution in [3.05, 3.63) is 11.6 Å². The highest BCUT2D eigenvalue weighted by Gasteiger charge is 2.68. The normalized spacial score (nSPS) is 50.5. The third-order valence-corrected chi connectivity index (χ3v) is 8.94. The molecule has 0 saturated heterocycles. The molecule has 1 unspecified atom stereocenters. The second-order valence-corrected chi connectivity index (χ2v) is 9.87. The van der Waals surface area contributed by atoms with Gasteiger partial charge in [0.1, 0.15) is 5.60 Å². The van der Waals surface area contributed by atoms with Crippen LogP contribution >= 0.6 is 12.6 Å². The second kappa shape index (κ2) is 5.92. The summed E-state index contributed by atoms with van der Waals surface area (Å²) in [4.78, 5) is 24.4. The summed E-state index contributed by atoms with van der Waals surface area (Å²) in [6.07, 6.45) is 6.21. The van der Waals surface area contributed by atoms with E-state index in [9.17, 15) is 19.8 Å². The maximum atomic E-state index is 12.5. The van der Waals surface area contributed by atoms with E-state index in [1.807, 2.05) is 13.0 Å². The molecule has 2 N–H and O–H groups in total. The number of aliphatic hydroxyl groups is 2. The fourth-order valence-corrected chi connectivity index (χ4v) is 7.54. The zero-order valence-corrected chi connectivity index (χ0v) is 16.6. The molecular formula is C21H30O4S. The highest BCUT2D eigenvalue weighted by Crippen LogP contribution is 2.67. The van der Waals surface area contributed by atoms with Gasteiger partial charge >= 0.3 is 0 Å². The molecule has 5 heteroatoms. The Labute approximate surface area is 160 Å². The fraction of sp³-hybridized carbons (Fsp3) is 0.810. The largest absolute Gasteiger partial charge is 0.393 e. The van der Waals surface area contributed by atoms with Gasteiger partial charge in [0.05, 0.1) is 11.9 Å². The summed E-state index contributed by atoms with van der Waals surface area (Å²) in [5.41, 5.74) is -0.885. The number of hydrogen-bond donors (Lipinski definition) is 3. The molecule has 26 heavy (non-hydrogen) atoms. The van der Waals surface area contributed by atoms with Gasteiger partial charge in [-0.25, -0.2) is 0 Å². The Morgan fingerprint density at radius 3 is 2.69 bits per heavy atom. The predicted molar refractivity (Wildman–Crippen MR) is 102 cm³/mol. The highest BCUT2D eigenvalue weighted by molar-refractivity contribution is 7.81. The molecule has 4 aliphatic carbocycles. The van der Waals surface area contributed by atoms with Crippen molar-refractivity contribution in [3.8, 4) is 0 Å². The first-order valence-electron chi connectivity index (χ1n) is 9.96. The summed E-state index contributed by atoms with van der Waals surface area (Å²) in [5.74, 6) is 0.683. The van der Waals surface area contributed by atoms with Crippen LogP contribution in [0.5, 0.6) is 0 Å². The molecule has 4 nitrogen and oxygen atoms in total. The molecule has 0 heterocycles. The predicted octanol–water partition coefficient (Wildman–Crippen LogP) is 2.72. The summed E-state index contributed by atoms with van der Waals surface area (Å²) in [7, 11) is 0. The van der Waals surface area contributed by atoms with Crippen molar-refractivity contribution in [2.24, 2.45) is 28.6 Å². The molecule has 0 aliphatic heterocycles. The molecule has 3 fully saturated rings. The topological polar surface area (TPSA) is 74.6 Å². The van der Waals surface area contributed by atoms with Crippen molar-refractivity contribution in [2.75, 3.05) is 5.75 Å². The minimum atomic E-state index is -1.37. The average Bonchev–Trinajstić information content (AvgIpc) is 2.86. The first-order valence-corrected chi connectivity index (χ1v) is 10.6. The van der Waals surface area contributed by atoms with Crippen LogP contribution in [0.4, 0.5) is 0 Å². The number of allylic oxidation sites excluding steroid dienone is 1. The lowest BCUT2D eigenvalue weighted by Crippen LogP contribution is -2.61. The van der Waals surface area contributed by atoms with Gasteiger partial charge in [-0.2, -0.15) is 12.6 Å². The van der Waals surface area contributed by atoms with Crippen molar-refractivity contribution in [2.45, 2.75) is 70.5 Å². The monoisotopic (exact) mass is 378 g/mol. The van der Waals surface area contributed by atoms with Crippen molar-refractivity contribution in [3.63, 3.8) is 0 Å². The van der Waals surface area contributed by atoms with E-state index < -0.39 is 17.1 Å². The Morgan fingerprint density at radius 1 is 1.27 bits per heavy atom. The van der Waals surface area contributed by atoms with E-state index >= 15 is 0 Å². The van der Waals surface area contributed by atoms with Gasteiger partial charge < -0.3 is 10.2 Å². The fourth-order valence-electron chi connectivity index (χ4n) is 7.28. The summed E-state index contributed by atoms with van der Waals surface area (Å²) < 4.78 is 0. The van der Waals surface area contributed by atoms with Crippen molar-refractivity contribution in [1.82, 2.24) is 0 Å². The molecule has 3 saturated carbocycles. The van der Waals surface area contributed by atoms with Crippen molar-refractivity contribution < 1.29 is 19.8 Å². The van der Waals surface area contributed by atoms with Gasteiger partial charge in [0.15, 0.2) is 11.6 Å². The maximum absolute atomic E-state index is 12.5. The second-order valence-electron chi connectivity index (χ2n) is 9.56. The van der Waals surface area contributed by atoms with E-state index in [-0.39, 0.29) is 34.6 Å². The average molecular weight is 379 g/mol. The summed E-state index contributed by atoms with van der Waals surface area (Å²) in [6.45, 7) is 4.22. The molecule has 4 rings (SSSR count). The number of Topliss-reactive ketones (excluding diaryl/α,β-unsaturated/α-hetero) is 1. The van der Waals surface area contributed by atoms with E-state index in [1.165, 1.54) is 5.57 Å². The van der Waals surface area contributed by atoms with Crippen LogP contribution in [0.1, 0.15) is 58.8 Å². The third kappa shape index (κ3) is 2.23. The quantitative estimate of drug-likeness (QED) is 0.646. The minimum absolute atomic E-state index is 0.0374. The summed E-state index contributed by atoms with van der Waals surface area (Å²) in [6, 6.07) is 0. The van der Waals surface area contributed by atoms with E-state index in [0.717, 1.165) is 25.7 Å². The lowest BCUT2D eigenvalue weighted by atomic mass is 9.45. The van der Waals surface area contributed by atoms with Crippen LogP contribution in [0.25, 0.3) is 0 Å². The SMILES string of the molecule is C[C@]12CCC(=O)C=C1CC[C@@H]1[C@@H]2C(O)C[C@@]2(C)[C@H]1CC[C@]2(O)C(=O)CS. The van der Waals surface area contributed by atoms with Gasteiger partial charge in [-0.05, 0) is 67.8 Å². The van der Waals surface area contributed by atoms with Gasteiger partial charge in [-0.1, -0.05) is 19.4 Å². The molecule has 0 amide bonds. The number of carbonyl (C=O) groups excluding carboxylic acids is 2. The number of fused-ring (bicyclic) bond motifs is 5. The number of carbonyl (C=O) groups is 2. The van der Waals surface area contributed by atoms with Gasteiger partial charge in [-0.3, -0.25) is 9.59 Å². The maximum Gasteiger partial charge on any atom is 0.174 e. The van der Waals surface area contributed by atoms with Crippen LogP contribution < -0.4 is 0 Å². The standard InChI is InChI=1S/C21H30O4S/c1-19-7-5-13(22)9-12(19)3-4-14-15-6-8-21(25,17(24)11-26)20(15,2)10-16(23)18(14)19/h9,14-16,18,23,25-26H,3-8,10-11H2,1-2H3/t14-,15-,16?,18+,19-,20-,21-/m0/s1. The lowest BCUT2D eigenvalue weighted by molar-refractivity contribution is -0.178. The first kappa shape index (κ1) is 18.7. The van der Waals surface area contributed by atoms with Crippen LogP contribution in [-0.4, -0.2) is 39.2 Å². The lowest BCUT2D eigenvalue weighted by Gasteiger charge is -2.60. The van der Waals surface area contributed by atoms with Crippen LogP contribution in [-0.2, 0) is 9.59 Å². The number of rotatable bonds is 2. The number of hydrogen-bond acceptors (Lipinski definition) is 5. The Balaban J connectivity index is 1.74. The molecule has 144 valence electrons. The van der Waals surface area contributed by atoms with Crippen LogP contribution in [0.2, 0.25) is 0 Å². The van der Waals surface area contributed by atoms with Crippen LogP contribution in [0.15, 0.2) is 11.6 Å². The summed E-state index contributed by atoms with van der Waals surface area (Å²) in [5, 5.41) is 22.5. The number of ketones is 2. The van der Waals surface area contributed by atoms with E-state index in [2.05, 4.69) is 19.6 Å². The van der Waals surface area contributed by atoms with Gasteiger partial charge in [0.25, 0.3) is 0 Å². The van der Waals surface area contributed by atoms with Crippen molar-refractivity contribution in [1.29, 1.82) is 0 Å². The van der Waals surface area contributed by atoms with E-state index in [0.29, 0.717) is 25.2 Å². The first-order chi connectivity index (χ1) is 12.2. The van der Waals surface area contributed by atoms with E-state index in [4.69, 9.17) is 0 Å². The molecule has 0 aromatic carbocycles. The molecule has 0 radical (unpaired) electrons. The molecular weight excluding hydrogens is 348 g/mol. The zero-order valence-electron chi connectivity index (χ0n) is 15.7. The Bertz CT molecular complexity index is 687. The van der Waals surface area contributed by atoms with Crippen molar-refractivity contribution >= 4 is 24.2 Å². The molecule has 0 bridgehead atoms. The molecule has 4 aliphatic rings. The molecule has 0 spiro atoms. The Morgan fingerprint density at radius 2 is 2.00 bits per heavy atom. The van der Waals surface area contributed by atoms with Crippen LogP contribution in [0, 0.1) is 28.6 Å². The Kier molecular flexibility index (Phi) is 4.26. The molecule has 0 aromatic rings. The van der Waals surface area contributed by atoms with Gasteiger partial charge in [0.2, 0.25) is 0 Å². The van der Waals surface area contributed by atoms with Gasteiger partial charge in [0, 0.05) is 11.8 Å². The zero-order chi connectivity index (χ0) is 18.9. The number of aliphatic hydroxyl groups excluding tert-OH is 1. The molecule has 0 aromatic heterocycles. The van der Waals surface area contributed by atoms with Gasteiger partial charge in [-0.15, -0.1) is 0 Å². The van der Waals surface area contributed by atoms with Crippen LogP contribution in [0.3, 0.4) is 0 Å². The Hall–Kier alpha value is -0.650. The number of thiol groups is 1. The highest BCUT2D eigenvalue weighted by atomic mass is 32.1. The smallest absolute Gasteiger partial charge is 0.174 e. The minimum Gasteiger partial charge on any atom is -0.393 e. The molecule has 7 atom stereocenters. The van der Waals surface area contributed by atoms with E-state index in [1.54, 1.807) is 0 Å². The third-order valence-electron chi connectivity index (χ3n) is 8.65.